The second-order valence-corrected chi connectivity index (χ2v) is 17.0. The van der Waals surface area contributed by atoms with Crippen molar-refractivity contribution in [1.82, 2.24) is 9.55 Å². The molecule has 1 aliphatic carbocycles. The highest BCUT2D eigenvalue weighted by Gasteiger charge is 2.24. The molecule has 0 fully saturated rings. The standard InChI is InChI=1S/C62H40N2/c1-39-63-59-24-12-13-25-60(59)64(39)46-32-28-41(29-33-46)43-30-35-56-58(37-43)62(44-27-26-40-14-2-3-15-42(40)36-44)55-23-11-10-22-54(55)61(56)45-31-34-53-51-20-7-6-18-49(51)47-16-4-5-17-48(47)50-19-8-9-21-52(50)57(53)38-45/h2-38H,1H3. The van der Waals surface area contributed by atoms with E-state index >= 15 is 0 Å². The highest BCUT2D eigenvalue weighted by atomic mass is 15.1. The summed E-state index contributed by atoms with van der Waals surface area (Å²) in [4.78, 5) is 4.85. The Balaban J connectivity index is 1.06. The molecule has 0 saturated carbocycles. The maximum absolute atomic E-state index is 4.85. The molecule has 298 valence electrons. The molecular weight excluding hydrogens is 773 g/mol. The number of imidazole rings is 1. The molecule has 0 amide bonds. The van der Waals surface area contributed by atoms with E-state index in [4.69, 9.17) is 4.98 Å². The van der Waals surface area contributed by atoms with Crippen LogP contribution in [0.4, 0.5) is 0 Å². The van der Waals surface area contributed by atoms with Gasteiger partial charge in [-0.2, -0.15) is 0 Å². The van der Waals surface area contributed by atoms with Gasteiger partial charge in [0, 0.05) is 5.69 Å². The van der Waals surface area contributed by atoms with Crippen LogP contribution in [-0.4, -0.2) is 9.55 Å². The fraction of sp³-hybridized carbons (Fsp3) is 0.0161. The number of aromatic nitrogens is 2. The van der Waals surface area contributed by atoms with Crippen LogP contribution in [-0.2, 0) is 0 Å². The molecule has 0 radical (unpaired) electrons. The van der Waals surface area contributed by atoms with Crippen molar-refractivity contribution < 1.29 is 0 Å². The number of benzene rings is 11. The average molecular weight is 813 g/mol. The predicted molar refractivity (Wildman–Crippen MR) is 270 cm³/mol. The van der Waals surface area contributed by atoms with E-state index in [1.165, 1.54) is 110 Å². The largest absolute Gasteiger partial charge is 0.297 e. The fourth-order valence-corrected chi connectivity index (χ4v) is 10.6. The summed E-state index contributed by atoms with van der Waals surface area (Å²) >= 11 is 0. The van der Waals surface area contributed by atoms with Gasteiger partial charge >= 0.3 is 0 Å². The third kappa shape index (κ3) is 5.63. The summed E-state index contributed by atoms with van der Waals surface area (Å²) in [5.74, 6) is 0.977. The van der Waals surface area contributed by atoms with E-state index in [2.05, 4.69) is 230 Å². The van der Waals surface area contributed by atoms with Gasteiger partial charge in [-0.3, -0.25) is 4.57 Å². The van der Waals surface area contributed by atoms with Crippen molar-refractivity contribution >= 4 is 43.4 Å². The molecule has 13 rings (SSSR count). The lowest BCUT2D eigenvalue weighted by molar-refractivity contribution is 1.00. The Kier molecular flexibility index (Phi) is 8.16. The van der Waals surface area contributed by atoms with Crippen molar-refractivity contribution in [3.8, 4) is 83.6 Å². The summed E-state index contributed by atoms with van der Waals surface area (Å²) in [7, 11) is 0. The van der Waals surface area contributed by atoms with E-state index in [0.717, 1.165) is 22.5 Å². The topological polar surface area (TPSA) is 17.8 Å². The summed E-state index contributed by atoms with van der Waals surface area (Å²) in [5.41, 5.74) is 20.5. The van der Waals surface area contributed by atoms with E-state index in [0.29, 0.717) is 0 Å². The second kappa shape index (κ2) is 14.4. The van der Waals surface area contributed by atoms with Crippen molar-refractivity contribution in [2.45, 2.75) is 6.92 Å². The second-order valence-electron chi connectivity index (χ2n) is 17.0. The smallest absolute Gasteiger partial charge is 0.111 e. The van der Waals surface area contributed by atoms with Crippen LogP contribution in [0.1, 0.15) is 5.82 Å². The molecule has 0 bridgehead atoms. The monoisotopic (exact) mass is 812 g/mol. The average Bonchev–Trinajstić information content (AvgIpc) is 3.70. The number of hydrogen-bond acceptors (Lipinski definition) is 1. The first-order valence-electron chi connectivity index (χ1n) is 22.1. The van der Waals surface area contributed by atoms with Gasteiger partial charge in [-0.25, -0.2) is 4.98 Å². The summed E-state index contributed by atoms with van der Waals surface area (Å²) < 4.78 is 2.24. The molecule has 0 saturated heterocycles. The fourth-order valence-electron chi connectivity index (χ4n) is 10.6. The van der Waals surface area contributed by atoms with Gasteiger partial charge in [-0.15, -0.1) is 0 Å². The van der Waals surface area contributed by atoms with Crippen molar-refractivity contribution in [3.05, 3.63) is 230 Å². The van der Waals surface area contributed by atoms with Crippen LogP contribution < -0.4 is 0 Å². The summed E-state index contributed by atoms with van der Waals surface area (Å²) in [5, 5.41) is 7.41. The Morgan fingerprint density at radius 3 is 1.45 bits per heavy atom. The molecule has 0 N–H and O–H groups in total. The van der Waals surface area contributed by atoms with Crippen molar-refractivity contribution in [3.63, 3.8) is 0 Å². The first-order chi connectivity index (χ1) is 31.7. The first-order valence-corrected chi connectivity index (χ1v) is 22.1. The number of nitrogens with zero attached hydrogens (tertiary/aromatic N) is 2. The molecule has 1 aromatic heterocycles. The minimum Gasteiger partial charge on any atom is -0.297 e. The van der Waals surface area contributed by atoms with Crippen molar-refractivity contribution in [1.29, 1.82) is 0 Å². The van der Waals surface area contributed by atoms with Gasteiger partial charge in [0.1, 0.15) is 5.82 Å². The Hall–Kier alpha value is -8.33. The van der Waals surface area contributed by atoms with Crippen LogP contribution in [0.25, 0.3) is 127 Å². The van der Waals surface area contributed by atoms with Crippen LogP contribution in [0, 0.1) is 6.92 Å². The summed E-state index contributed by atoms with van der Waals surface area (Å²) in [6.45, 7) is 2.08. The number of hydrogen-bond donors (Lipinski definition) is 0. The zero-order valence-corrected chi connectivity index (χ0v) is 35.3. The Labute approximate surface area is 372 Å². The lowest BCUT2D eigenvalue weighted by Gasteiger charge is -2.24. The van der Waals surface area contributed by atoms with Crippen LogP contribution in [0.3, 0.4) is 0 Å². The van der Waals surface area contributed by atoms with Gasteiger partial charge in [0.15, 0.2) is 0 Å². The van der Waals surface area contributed by atoms with Crippen LogP contribution >= 0.6 is 0 Å². The number of fused-ring (bicyclic) bond motifs is 12. The van der Waals surface area contributed by atoms with Gasteiger partial charge in [0.25, 0.3) is 0 Å². The third-order valence-electron chi connectivity index (χ3n) is 13.5. The third-order valence-corrected chi connectivity index (χ3v) is 13.5. The van der Waals surface area contributed by atoms with Gasteiger partial charge in [-0.1, -0.05) is 182 Å². The summed E-state index contributed by atoms with van der Waals surface area (Å²) in [6.07, 6.45) is 0. The predicted octanol–water partition coefficient (Wildman–Crippen LogP) is 16.8. The van der Waals surface area contributed by atoms with Crippen LogP contribution in [0.2, 0.25) is 0 Å². The van der Waals surface area contributed by atoms with Gasteiger partial charge in [0.2, 0.25) is 0 Å². The zero-order chi connectivity index (χ0) is 42.3. The van der Waals surface area contributed by atoms with Crippen molar-refractivity contribution in [2.75, 3.05) is 0 Å². The molecule has 0 unspecified atom stereocenters. The van der Waals surface area contributed by atoms with E-state index in [1.54, 1.807) is 0 Å². The minimum atomic E-state index is 0.977. The van der Waals surface area contributed by atoms with E-state index in [1.807, 2.05) is 6.07 Å². The first kappa shape index (κ1) is 36.3. The molecule has 1 heterocycles. The number of para-hydroxylation sites is 2. The van der Waals surface area contributed by atoms with E-state index < -0.39 is 0 Å². The maximum Gasteiger partial charge on any atom is 0.111 e. The Morgan fingerprint density at radius 2 is 0.781 bits per heavy atom. The summed E-state index contributed by atoms with van der Waals surface area (Å²) in [6, 6.07) is 83.0. The molecule has 12 aromatic rings. The lowest BCUT2D eigenvalue weighted by atomic mass is 9.79. The van der Waals surface area contributed by atoms with Gasteiger partial charge < -0.3 is 0 Å². The molecule has 0 spiro atoms. The van der Waals surface area contributed by atoms with Crippen LogP contribution in [0.15, 0.2) is 224 Å². The Morgan fingerprint density at radius 1 is 0.312 bits per heavy atom. The number of rotatable bonds is 4. The molecule has 1 aliphatic rings. The highest BCUT2D eigenvalue weighted by molar-refractivity contribution is 6.22. The van der Waals surface area contributed by atoms with Crippen molar-refractivity contribution in [2.24, 2.45) is 0 Å². The maximum atomic E-state index is 4.85. The zero-order valence-electron chi connectivity index (χ0n) is 35.3. The minimum absolute atomic E-state index is 0.977. The molecule has 0 atom stereocenters. The highest BCUT2D eigenvalue weighted by Crippen LogP contribution is 2.51. The van der Waals surface area contributed by atoms with Crippen LogP contribution in [0.5, 0.6) is 0 Å². The molecule has 0 aliphatic heterocycles. The molecule has 64 heavy (non-hydrogen) atoms. The molecule has 11 aromatic carbocycles. The van der Waals surface area contributed by atoms with Gasteiger partial charge in [-0.05, 0) is 160 Å². The molecular formula is C62H40N2. The number of aryl methyl sites for hydroxylation is 1. The molecule has 2 nitrogen and oxygen atoms in total. The Bertz CT molecular complexity index is 3840. The molecule has 2 heteroatoms. The normalized spacial score (nSPS) is 11.8. The lowest BCUT2D eigenvalue weighted by Crippen LogP contribution is -1.98. The van der Waals surface area contributed by atoms with Gasteiger partial charge in [0.05, 0.1) is 11.0 Å². The van der Waals surface area contributed by atoms with E-state index in [-0.39, 0.29) is 0 Å². The SMILES string of the molecule is Cc1nc2ccccc2n1-c1ccc(-c2ccc3c(-c4ccc5c(c4)-c4ccccc4-c4ccccc4-c4ccccc4-5)c4ccccc4c(-c4ccc5ccccc5c4)c3c2)cc1. The quantitative estimate of drug-likeness (QED) is 0.162. The van der Waals surface area contributed by atoms with E-state index in [9.17, 15) is 0 Å².